The number of H-pyrrole nitrogens is 1. The molecule has 1 saturated heterocycles. The van der Waals surface area contributed by atoms with Gasteiger partial charge < -0.3 is 19.4 Å². The van der Waals surface area contributed by atoms with Crippen molar-refractivity contribution in [3.05, 3.63) is 52.8 Å². The number of aromatic nitrogens is 2. The molecule has 6 heteroatoms. The molecule has 1 aliphatic heterocycles. The number of hydrogen-bond acceptors (Lipinski definition) is 4. The first-order valence-electron chi connectivity index (χ1n) is 9.98. The number of hydrogen-bond donors (Lipinski definition) is 1. The van der Waals surface area contributed by atoms with Gasteiger partial charge in [0, 0.05) is 24.6 Å². The number of piperidine rings is 1. The Hall–Kier alpha value is -3.02. The third-order valence-corrected chi connectivity index (χ3v) is 5.92. The minimum absolute atomic E-state index is 0.0280. The number of aryl methyl sites for hydroxylation is 2. The van der Waals surface area contributed by atoms with Crippen LogP contribution in [0, 0.1) is 13.8 Å². The summed E-state index contributed by atoms with van der Waals surface area (Å²) in [5.74, 6) is 2.60. The van der Waals surface area contributed by atoms with Crippen molar-refractivity contribution >= 4 is 16.9 Å². The minimum atomic E-state index is 0.0280. The maximum atomic E-state index is 12.9. The predicted molar refractivity (Wildman–Crippen MR) is 113 cm³/mol. The molecular formula is C23H27N3O3. The quantitative estimate of drug-likeness (QED) is 0.721. The molecule has 2 aromatic carbocycles. The molecule has 6 nitrogen and oxygen atoms in total. The first-order valence-corrected chi connectivity index (χ1v) is 9.98. The smallest absolute Gasteiger partial charge is 0.253 e. The zero-order valence-electron chi connectivity index (χ0n) is 17.4. The van der Waals surface area contributed by atoms with E-state index in [-0.39, 0.29) is 5.91 Å². The topological polar surface area (TPSA) is 67.5 Å². The largest absolute Gasteiger partial charge is 0.493 e. The Morgan fingerprint density at radius 2 is 1.72 bits per heavy atom. The van der Waals surface area contributed by atoms with Crippen LogP contribution < -0.4 is 9.47 Å². The van der Waals surface area contributed by atoms with Gasteiger partial charge in [-0.05, 0) is 68.1 Å². The maximum absolute atomic E-state index is 12.9. The number of likely N-dealkylation sites (tertiary alicyclic amines) is 1. The lowest BCUT2D eigenvalue weighted by Crippen LogP contribution is -2.38. The van der Waals surface area contributed by atoms with E-state index in [2.05, 4.69) is 31.0 Å². The van der Waals surface area contributed by atoms with Crippen LogP contribution in [0.15, 0.2) is 30.3 Å². The van der Waals surface area contributed by atoms with Crippen LogP contribution in [0.1, 0.15) is 46.1 Å². The van der Waals surface area contributed by atoms with Crippen LogP contribution in [0.4, 0.5) is 0 Å². The van der Waals surface area contributed by atoms with Crippen molar-refractivity contribution in [2.45, 2.75) is 32.6 Å². The van der Waals surface area contributed by atoms with Crippen molar-refractivity contribution in [1.82, 2.24) is 14.9 Å². The van der Waals surface area contributed by atoms with Crippen molar-refractivity contribution in [2.24, 2.45) is 0 Å². The van der Waals surface area contributed by atoms with Gasteiger partial charge in [-0.25, -0.2) is 4.98 Å². The van der Waals surface area contributed by atoms with E-state index < -0.39 is 0 Å². The third kappa shape index (κ3) is 3.67. The van der Waals surface area contributed by atoms with Gasteiger partial charge in [-0.3, -0.25) is 4.79 Å². The van der Waals surface area contributed by atoms with Crippen molar-refractivity contribution in [3.63, 3.8) is 0 Å². The Balaban J connectivity index is 1.46. The average Bonchev–Trinajstić information content (AvgIpc) is 3.15. The number of imidazole rings is 1. The summed E-state index contributed by atoms with van der Waals surface area (Å²) in [6.07, 6.45) is 1.80. The molecule has 1 aromatic heterocycles. The van der Waals surface area contributed by atoms with Crippen LogP contribution in [0.25, 0.3) is 11.0 Å². The summed E-state index contributed by atoms with van der Waals surface area (Å²) in [6.45, 7) is 5.66. The monoisotopic (exact) mass is 393 g/mol. The van der Waals surface area contributed by atoms with Gasteiger partial charge in [0.05, 0.1) is 25.3 Å². The van der Waals surface area contributed by atoms with Crippen LogP contribution in [0.3, 0.4) is 0 Å². The van der Waals surface area contributed by atoms with Crippen LogP contribution in [0.5, 0.6) is 11.5 Å². The van der Waals surface area contributed by atoms with Gasteiger partial charge in [0.2, 0.25) is 0 Å². The fraction of sp³-hybridized carbons (Fsp3) is 0.391. The van der Waals surface area contributed by atoms with E-state index in [9.17, 15) is 4.79 Å². The second-order valence-electron chi connectivity index (χ2n) is 7.71. The minimum Gasteiger partial charge on any atom is -0.493 e. The molecule has 0 radical (unpaired) electrons. The van der Waals surface area contributed by atoms with E-state index in [1.54, 1.807) is 32.4 Å². The Morgan fingerprint density at radius 3 is 2.41 bits per heavy atom. The van der Waals surface area contributed by atoms with Crippen molar-refractivity contribution in [3.8, 4) is 11.5 Å². The predicted octanol–water partition coefficient (Wildman–Crippen LogP) is 4.22. The molecule has 0 atom stereocenters. The highest BCUT2D eigenvalue weighted by Gasteiger charge is 2.27. The molecule has 0 saturated carbocycles. The second-order valence-corrected chi connectivity index (χ2v) is 7.71. The number of carbonyl (C=O) groups excluding carboxylic acids is 1. The Bertz CT molecular complexity index is 1010. The zero-order chi connectivity index (χ0) is 20.5. The number of amides is 1. The van der Waals surface area contributed by atoms with Gasteiger partial charge >= 0.3 is 0 Å². The van der Waals surface area contributed by atoms with Gasteiger partial charge in [-0.15, -0.1) is 0 Å². The Morgan fingerprint density at radius 1 is 1.03 bits per heavy atom. The van der Waals surface area contributed by atoms with Gasteiger partial charge in [0.15, 0.2) is 11.5 Å². The molecule has 152 valence electrons. The van der Waals surface area contributed by atoms with Gasteiger partial charge in [-0.2, -0.15) is 0 Å². The van der Waals surface area contributed by atoms with Gasteiger partial charge in [0.25, 0.3) is 5.91 Å². The van der Waals surface area contributed by atoms with Crippen LogP contribution in [-0.4, -0.2) is 48.1 Å². The van der Waals surface area contributed by atoms with Gasteiger partial charge in [0.1, 0.15) is 5.82 Å². The molecule has 2 heterocycles. The fourth-order valence-corrected chi connectivity index (χ4v) is 3.99. The molecule has 4 rings (SSSR count). The number of ether oxygens (including phenoxy) is 2. The fourth-order valence-electron chi connectivity index (χ4n) is 3.99. The number of carbonyl (C=O) groups is 1. The molecule has 0 spiro atoms. The number of nitrogens with one attached hydrogen (secondary N) is 1. The highest BCUT2D eigenvalue weighted by Crippen LogP contribution is 2.31. The molecule has 29 heavy (non-hydrogen) atoms. The summed E-state index contributed by atoms with van der Waals surface area (Å²) in [7, 11) is 3.17. The molecule has 0 unspecified atom stereocenters. The molecule has 0 aliphatic carbocycles. The second kappa shape index (κ2) is 7.78. The molecule has 1 aliphatic rings. The van der Waals surface area contributed by atoms with E-state index in [4.69, 9.17) is 14.5 Å². The average molecular weight is 393 g/mol. The molecular weight excluding hydrogens is 366 g/mol. The van der Waals surface area contributed by atoms with E-state index in [1.165, 1.54) is 11.1 Å². The van der Waals surface area contributed by atoms with E-state index >= 15 is 0 Å². The number of nitrogens with zero attached hydrogens (tertiary/aromatic N) is 2. The maximum Gasteiger partial charge on any atom is 0.253 e. The summed E-state index contributed by atoms with van der Waals surface area (Å²) >= 11 is 0. The molecule has 1 amide bonds. The molecule has 1 fully saturated rings. The SMILES string of the molecule is COc1ccc(C(=O)N2CCC(c3nc4cc(C)c(C)cc4[nH]3)CC2)cc1OC. The van der Waals surface area contributed by atoms with Crippen molar-refractivity contribution in [2.75, 3.05) is 27.3 Å². The lowest BCUT2D eigenvalue weighted by Gasteiger charge is -2.31. The highest BCUT2D eigenvalue weighted by molar-refractivity contribution is 5.95. The first kappa shape index (κ1) is 19.3. The van der Waals surface area contributed by atoms with Crippen LogP contribution in [0.2, 0.25) is 0 Å². The zero-order valence-corrected chi connectivity index (χ0v) is 17.4. The van der Waals surface area contributed by atoms with Crippen LogP contribution in [-0.2, 0) is 0 Å². The van der Waals surface area contributed by atoms with Crippen molar-refractivity contribution < 1.29 is 14.3 Å². The number of methoxy groups -OCH3 is 2. The Labute approximate surface area is 170 Å². The summed E-state index contributed by atoms with van der Waals surface area (Å²) in [5.41, 5.74) is 5.25. The number of benzene rings is 2. The van der Waals surface area contributed by atoms with Crippen LogP contribution >= 0.6 is 0 Å². The van der Waals surface area contributed by atoms with E-state index in [0.29, 0.717) is 36.1 Å². The lowest BCUT2D eigenvalue weighted by atomic mass is 9.95. The van der Waals surface area contributed by atoms with Crippen molar-refractivity contribution in [1.29, 1.82) is 0 Å². The molecule has 1 N–H and O–H groups in total. The number of fused-ring (bicyclic) bond motifs is 1. The summed E-state index contributed by atoms with van der Waals surface area (Å²) in [4.78, 5) is 23.2. The van der Waals surface area contributed by atoms with Gasteiger partial charge in [-0.1, -0.05) is 0 Å². The van der Waals surface area contributed by atoms with E-state index in [0.717, 1.165) is 29.7 Å². The number of aromatic amines is 1. The number of rotatable bonds is 4. The molecule has 3 aromatic rings. The Kier molecular flexibility index (Phi) is 5.18. The summed E-state index contributed by atoms with van der Waals surface area (Å²) in [6, 6.07) is 9.62. The third-order valence-electron chi connectivity index (χ3n) is 5.92. The summed E-state index contributed by atoms with van der Waals surface area (Å²) in [5, 5.41) is 0. The summed E-state index contributed by atoms with van der Waals surface area (Å²) < 4.78 is 10.6. The normalized spacial score (nSPS) is 15.0. The van der Waals surface area contributed by atoms with E-state index in [1.807, 2.05) is 4.90 Å². The first-order chi connectivity index (χ1) is 14.0. The highest BCUT2D eigenvalue weighted by atomic mass is 16.5. The lowest BCUT2D eigenvalue weighted by molar-refractivity contribution is 0.0711. The standard InChI is InChI=1S/C23H27N3O3/c1-14-11-18-19(12-15(14)2)25-22(24-18)16-7-9-26(10-8-16)23(27)17-5-6-20(28-3)21(13-17)29-4/h5-6,11-13,16H,7-10H2,1-4H3,(H,24,25). The molecule has 0 bridgehead atoms.